The number of carbonyl (C=O) groups excluding carboxylic acids is 1. The number of nitrogens with one attached hydrogen (secondary N) is 1. The number of nitrogens with zero attached hydrogens (tertiary/aromatic N) is 2. The molecule has 0 atom stereocenters. The van der Waals surface area contributed by atoms with E-state index in [9.17, 15) is 14.9 Å². The van der Waals surface area contributed by atoms with E-state index in [4.69, 9.17) is 23.2 Å². The average Bonchev–Trinajstić information content (AvgIpc) is 2.39. The summed E-state index contributed by atoms with van der Waals surface area (Å²) in [6.45, 7) is 0.211. The first kappa shape index (κ1) is 14.7. The van der Waals surface area contributed by atoms with Crippen LogP contribution in [0.3, 0.4) is 0 Å². The van der Waals surface area contributed by atoms with Gasteiger partial charge >= 0.3 is 0 Å². The lowest BCUT2D eigenvalue weighted by atomic mass is 10.2. The highest BCUT2D eigenvalue weighted by Gasteiger charge is 2.10. The maximum Gasteiger partial charge on any atom is 0.269 e. The van der Waals surface area contributed by atoms with E-state index in [1.807, 2.05) is 0 Å². The minimum Gasteiger partial charge on any atom is -0.339 e. The molecule has 1 aromatic carbocycles. The largest absolute Gasteiger partial charge is 0.339 e. The molecule has 0 unspecified atom stereocenters. The molecule has 98 valence electrons. The van der Waals surface area contributed by atoms with E-state index in [2.05, 4.69) is 5.32 Å². The van der Waals surface area contributed by atoms with E-state index in [1.165, 1.54) is 24.3 Å². The molecule has 18 heavy (non-hydrogen) atoms. The van der Waals surface area contributed by atoms with Gasteiger partial charge in [0.1, 0.15) is 0 Å². The van der Waals surface area contributed by atoms with Crippen LogP contribution in [0.1, 0.15) is 10.4 Å². The molecular weight excluding hydrogens is 281 g/mol. The minimum absolute atomic E-state index is 0.0605. The van der Waals surface area contributed by atoms with Crippen LogP contribution >= 0.6 is 23.2 Å². The van der Waals surface area contributed by atoms with Crippen LogP contribution in [0, 0.1) is 10.1 Å². The third-order valence-electron chi connectivity index (χ3n) is 2.14. The van der Waals surface area contributed by atoms with Crippen molar-refractivity contribution in [2.75, 3.05) is 18.7 Å². The fourth-order valence-electron chi connectivity index (χ4n) is 1.14. The Hall–Kier alpha value is -1.37. The lowest BCUT2D eigenvalue weighted by Gasteiger charge is -2.16. The summed E-state index contributed by atoms with van der Waals surface area (Å²) < 4.78 is 0. The van der Waals surface area contributed by atoms with Gasteiger partial charge < -0.3 is 5.32 Å². The van der Waals surface area contributed by atoms with E-state index in [1.54, 1.807) is 4.90 Å². The highest BCUT2D eigenvalue weighted by Crippen LogP contribution is 2.11. The predicted molar refractivity (Wildman–Crippen MR) is 68.7 cm³/mol. The summed E-state index contributed by atoms with van der Waals surface area (Å²) in [6, 6.07) is 5.72. The van der Waals surface area contributed by atoms with E-state index in [-0.39, 0.29) is 30.3 Å². The fraction of sp³-hybridized carbons (Fsp3) is 0.300. The van der Waals surface area contributed by atoms with Gasteiger partial charge in [-0.3, -0.25) is 19.8 Å². The van der Waals surface area contributed by atoms with Crippen molar-refractivity contribution in [3.05, 3.63) is 39.9 Å². The van der Waals surface area contributed by atoms with Gasteiger partial charge in [0, 0.05) is 17.7 Å². The van der Waals surface area contributed by atoms with Crippen molar-refractivity contribution >= 4 is 34.8 Å². The van der Waals surface area contributed by atoms with Gasteiger partial charge in [0.2, 0.25) is 0 Å². The molecule has 0 aliphatic rings. The highest BCUT2D eigenvalue weighted by atomic mass is 35.5. The Bertz CT molecular complexity index is 421. The van der Waals surface area contributed by atoms with Crippen LogP contribution in [0.2, 0.25) is 0 Å². The molecule has 0 radical (unpaired) electrons. The van der Waals surface area contributed by atoms with Gasteiger partial charge in [-0.05, 0) is 12.1 Å². The molecule has 0 aromatic heterocycles. The van der Waals surface area contributed by atoms with Crippen molar-refractivity contribution in [2.45, 2.75) is 0 Å². The van der Waals surface area contributed by atoms with Crippen LogP contribution in [-0.2, 0) is 0 Å². The molecule has 0 saturated carbocycles. The molecule has 1 rings (SSSR count). The molecule has 0 spiro atoms. The van der Waals surface area contributed by atoms with Gasteiger partial charge in [0.05, 0.1) is 23.6 Å². The minimum atomic E-state index is -0.523. The Morgan fingerprint density at radius 1 is 1.28 bits per heavy atom. The second-order valence-corrected chi connectivity index (χ2v) is 3.86. The first-order valence-electron chi connectivity index (χ1n) is 4.95. The number of hydrogen-bond donors (Lipinski definition) is 1. The van der Waals surface area contributed by atoms with E-state index >= 15 is 0 Å². The van der Waals surface area contributed by atoms with Crippen LogP contribution in [0.15, 0.2) is 24.3 Å². The van der Waals surface area contributed by atoms with Crippen molar-refractivity contribution in [2.24, 2.45) is 0 Å². The molecule has 0 aliphatic carbocycles. The highest BCUT2D eigenvalue weighted by molar-refractivity contribution is 6.20. The molecule has 0 saturated heterocycles. The summed E-state index contributed by atoms with van der Waals surface area (Å²) in [5.41, 5.74) is 0.277. The zero-order chi connectivity index (χ0) is 13.5. The number of amides is 1. The Balaban J connectivity index is 2.59. The smallest absolute Gasteiger partial charge is 0.269 e. The number of nitro groups is 1. The maximum absolute atomic E-state index is 11.7. The predicted octanol–water partition coefficient (Wildman–Crippen LogP) is 1.98. The van der Waals surface area contributed by atoms with Crippen LogP contribution in [0.25, 0.3) is 0 Å². The lowest BCUT2D eigenvalue weighted by Crippen LogP contribution is -2.36. The second kappa shape index (κ2) is 7.15. The number of nitro benzene ring substituents is 1. The Labute approximate surface area is 114 Å². The van der Waals surface area contributed by atoms with Crippen LogP contribution in [0.4, 0.5) is 5.69 Å². The average molecular weight is 292 g/mol. The normalized spacial score (nSPS) is 10.4. The third kappa shape index (κ3) is 4.14. The Morgan fingerprint density at radius 3 is 2.28 bits per heavy atom. The maximum atomic E-state index is 11.7. The van der Waals surface area contributed by atoms with Gasteiger partial charge in [0.25, 0.3) is 11.6 Å². The van der Waals surface area contributed by atoms with Gasteiger partial charge in [0.15, 0.2) is 0 Å². The number of halogens is 2. The molecule has 8 heteroatoms. The molecule has 1 amide bonds. The van der Waals surface area contributed by atoms with Crippen LogP contribution in [0.5, 0.6) is 0 Å². The third-order valence-corrected chi connectivity index (χ3v) is 2.82. The molecule has 1 aromatic rings. The summed E-state index contributed by atoms with van der Waals surface area (Å²) in [5, 5.41) is 13.0. The monoisotopic (exact) mass is 291 g/mol. The van der Waals surface area contributed by atoms with Gasteiger partial charge in [-0.25, -0.2) is 0 Å². The quantitative estimate of drug-likeness (QED) is 0.286. The first-order chi connectivity index (χ1) is 8.58. The van der Waals surface area contributed by atoms with Gasteiger partial charge in [-0.1, -0.05) is 0 Å². The molecule has 0 aliphatic heterocycles. The first-order valence-corrected chi connectivity index (χ1v) is 6.02. The molecular formula is C10H11Cl2N3O3. The van der Waals surface area contributed by atoms with Gasteiger partial charge in [-0.2, -0.15) is 0 Å². The standard InChI is InChI=1S/C10H11Cl2N3O3/c11-5-14(6-12)7-13-10(16)8-1-3-9(4-2-8)15(17)18/h1-4H,5-7H2,(H,13,16). The Morgan fingerprint density at radius 2 is 1.83 bits per heavy atom. The van der Waals surface area contributed by atoms with Crippen molar-refractivity contribution in [1.82, 2.24) is 10.2 Å². The summed E-state index contributed by atoms with van der Waals surface area (Å²) in [7, 11) is 0. The summed E-state index contributed by atoms with van der Waals surface area (Å²) in [4.78, 5) is 23.2. The number of hydrogen-bond acceptors (Lipinski definition) is 4. The van der Waals surface area contributed by atoms with Crippen molar-refractivity contribution in [3.8, 4) is 0 Å². The fourth-order valence-corrected chi connectivity index (χ4v) is 1.56. The zero-order valence-electron chi connectivity index (χ0n) is 9.31. The number of alkyl halides is 2. The molecule has 6 nitrogen and oxygen atoms in total. The van der Waals surface area contributed by atoms with Gasteiger partial charge in [-0.15, -0.1) is 23.2 Å². The van der Waals surface area contributed by atoms with Crippen molar-refractivity contribution < 1.29 is 9.72 Å². The Kier molecular flexibility index (Phi) is 5.84. The molecule has 1 N–H and O–H groups in total. The van der Waals surface area contributed by atoms with E-state index in [0.29, 0.717) is 5.56 Å². The van der Waals surface area contributed by atoms with Crippen LogP contribution in [-0.4, -0.2) is 34.4 Å². The SMILES string of the molecule is O=C(NCN(CCl)CCl)c1ccc([N+](=O)[O-])cc1. The topological polar surface area (TPSA) is 75.5 Å². The molecule has 0 bridgehead atoms. The summed E-state index contributed by atoms with van der Waals surface area (Å²) in [6.07, 6.45) is 0. The second-order valence-electron chi connectivity index (χ2n) is 3.38. The number of non-ortho nitro benzene ring substituents is 1. The zero-order valence-corrected chi connectivity index (χ0v) is 10.8. The summed E-state index contributed by atoms with van der Waals surface area (Å²) in [5.74, 6) is -0.342. The lowest BCUT2D eigenvalue weighted by molar-refractivity contribution is -0.384. The number of rotatable bonds is 6. The number of benzene rings is 1. The van der Waals surface area contributed by atoms with E-state index in [0.717, 1.165) is 0 Å². The summed E-state index contributed by atoms with van der Waals surface area (Å²) >= 11 is 11.1. The molecule has 0 fully saturated rings. The molecule has 0 heterocycles. The number of carbonyl (C=O) groups is 1. The van der Waals surface area contributed by atoms with Crippen LogP contribution < -0.4 is 5.32 Å². The van der Waals surface area contributed by atoms with E-state index < -0.39 is 4.92 Å². The van der Waals surface area contributed by atoms with Crippen molar-refractivity contribution in [3.63, 3.8) is 0 Å². The van der Waals surface area contributed by atoms with Crippen molar-refractivity contribution in [1.29, 1.82) is 0 Å².